The van der Waals surface area contributed by atoms with Gasteiger partial charge in [-0.2, -0.15) is 0 Å². The molecule has 9 heteroatoms. The second-order valence-corrected chi connectivity index (χ2v) is 7.91. The number of anilines is 1. The van der Waals surface area contributed by atoms with Crippen LogP contribution in [-0.4, -0.2) is 66.3 Å². The first kappa shape index (κ1) is 21.4. The van der Waals surface area contributed by atoms with E-state index in [0.29, 0.717) is 22.8 Å². The van der Waals surface area contributed by atoms with Crippen LogP contribution in [0, 0.1) is 0 Å². The van der Waals surface area contributed by atoms with Crippen LogP contribution in [0.3, 0.4) is 0 Å². The molecular weight excluding hydrogens is 390 g/mol. The topological polar surface area (TPSA) is 96.5 Å². The third-order valence-electron chi connectivity index (χ3n) is 4.55. The smallest absolute Gasteiger partial charge is 0.286 e. The van der Waals surface area contributed by atoms with Crippen LogP contribution in [0.4, 0.5) is 5.69 Å². The van der Waals surface area contributed by atoms with Crippen molar-refractivity contribution >= 4 is 28.8 Å². The summed E-state index contributed by atoms with van der Waals surface area (Å²) in [5.41, 5.74) is 1.07. The van der Waals surface area contributed by atoms with Gasteiger partial charge in [0.2, 0.25) is 5.01 Å². The molecule has 0 unspecified atom stereocenters. The third kappa shape index (κ3) is 6.59. The molecule has 29 heavy (non-hydrogen) atoms. The summed E-state index contributed by atoms with van der Waals surface area (Å²) >= 11 is 1.30. The lowest BCUT2D eigenvalue weighted by molar-refractivity contribution is 0.0374. The monoisotopic (exact) mass is 417 g/mol. The van der Waals surface area contributed by atoms with Gasteiger partial charge in [0, 0.05) is 37.3 Å². The van der Waals surface area contributed by atoms with Crippen LogP contribution in [0.25, 0.3) is 0 Å². The Morgan fingerprint density at radius 2 is 2.03 bits per heavy atom. The van der Waals surface area contributed by atoms with E-state index in [1.54, 1.807) is 24.3 Å². The number of nitrogens with one attached hydrogen (secondary N) is 2. The molecule has 0 spiro atoms. The normalized spacial score (nSPS) is 14.5. The number of hydrogen-bond donors (Lipinski definition) is 2. The lowest BCUT2D eigenvalue weighted by atomic mass is 10.2. The van der Waals surface area contributed by atoms with Crippen LogP contribution in [0.15, 0.2) is 24.3 Å². The summed E-state index contributed by atoms with van der Waals surface area (Å²) in [7, 11) is 0. The van der Waals surface area contributed by atoms with Crippen molar-refractivity contribution in [3.05, 3.63) is 39.8 Å². The zero-order chi connectivity index (χ0) is 20.5. The summed E-state index contributed by atoms with van der Waals surface area (Å²) in [5.74, 6) is -0.461. The van der Waals surface area contributed by atoms with Crippen LogP contribution >= 0.6 is 11.3 Å². The summed E-state index contributed by atoms with van der Waals surface area (Å²) in [6.45, 7) is 7.07. The molecule has 0 radical (unpaired) electrons. The quantitative estimate of drug-likeness (QED) is 0.607. The Balaban J connectivity index is 1.47. The maximum absolute atomic E-state index is 12.4. The third-order valence-corrected chi connectivity index (χ3v) is 5.53. The summed E-state index contributed by atoms with van der Waals surface area (Å²) in [6, 6.07) is 6.91. The molecule has 1 fully saturated rings. The molecule has 1 aromatic carbocycles. The minimum atomic E-state index is -0.312. The minimum Gasteiger partial charge on any atom is -0.379 e. The fourth-order valence-electron chi connectivity index (χ4n) is 3.01. The van der Waals surface area contributed by atoms with E-state index in [1.807, 2.05) is 0 Å². The van der Waals surface area contributed by atoms with Crippen LogP contribution in [0.2, 0.25) is 0 Å². The highest BCUT2D eigenvalue weighted by molar-refractivity contribution is 7.13. The van der Waals surface area contributed by atoms with E-state index in [0.717, 1.165) is 57.1 Å². The van der Waals surface area contributed by atoms with Crippen molar-refractivity contribution in [3.63, 3.8) is 0 Å². The Morgan fingerprint density at radius 1 is 1.21 bits per heavy atom. The number of carbonyl (C=O) groups is 2. The summed E-state index contributed by atoms with van der Waals surface area (Å²) in [6.07, 6.45) is 2.66. The molecule has 8 nitrogen and oxygen atoms in total. The average Bonchev–Trinajstić information content (AvgIpc) is 3.21. The summed E-state index contributed by atoms with van der Waals surface area (Å²) in [5, 5.41) is 14.9. The SMILES string of the molecule is CCCc1nnc(C(=O)Nc2cccc(C(=O)NCCCN3CCOCC3)c2)s1. The highest BCUT2D eigenvalue weighted by Gasteiger charge is 2.14. The standard InChI is InChI=1S/C20H27N5O3S/c1-2-5-17-23-24-20(29-17)19(27)22-16-7-3-6-15(14-16)18(26)21-8-4-9-25-10-12-28-13-11-25/h3,6-7,14H,2,4-5,8-13H2,1H3,(H,21,26)(H,22,27). The van der Waals surface area contributed by atoms with Crippen LogP contribution < -0.4 is 10.6 Å². The van der Waals surface area contributed by atoms with Gasteiger partial charge in [-0.1, -0.05) is 24.3 Å². The van der Waals surface area contributed by atoms with Crippen molar-refractivity contribution in [1.82, 2.24) is 20.4 Å². The predicted octanol–water partition coefficient (Wildman–Crippen LogP) is 2.19. The van der Waals surface area contributed by atoms with E-state index in [4.69, 9.17) is 4.74 Å². The lowest BCUT2D eigenvalue weighted by Gasteiger charge is -2.26. The van der Waals surface area contributed by atoms with Gasteiger partial charge < -0.3 is 15.4 Å². The first-order valence-corrected chi connectivity index (χ1v) is 10.8. The zero-order valence-corrected chi connectivity index (χ0v) is 17.5. The van der Waals surface area contributed by atoms with Crippen molar-refractivity contribution in [1.29, 1.82) is 0 Å². The number of rotatable bonds is 9. The number of nitrogens with zero attached hydrogens (tertiary/aromatic N) is 3. The van der Waals surface area contributed by atoms with Gasteiger partial charge in [0.25, 0.3) is 11.8 Å². The molecule has 3 rings (SSSR count). The van der Waals surface area contributed by atoms with E-state index in [9.17, 15) is 9.59 Å². The van der Waals surface area contributed by atoms with E-state index < -0.39 is 0 Å². The molecule has 1 aromatic heterocycles. The second kappa shape index (κ2) is 11.0. The Labute approximate surface area is 174 Å². The molecule has 0 saturated carbocycles. The predicted molar refractivity (Wildman–Crippen MR) is 113 cm³/mol. The Morgan fingerprint density at radius 3 is 2.83 bits per heavy atom. The van der Waals surface area contributed by atoms with Crippen LogP contribution in [0.5, 0.6) is 0 Å². The first-order valence-electron chi connectivity index (χ1n) is 9.98. The number of carbonyl (C=O) groups excluding carboxylic acids is 2. The molecule has 2 heterocycles. The number of hydrogen-bond acceptors (Lipinski definition) is 7. The van der Waals surface area contributed by atoms with Crippen molar-refractivity contribution < 1.29 is 14.3 Å². The Kier molecular flexibility index (Phi) is 8.09. The van der Waals surface area contributed by atoms with E-state index in [-0.39, 0.29) is 11.8 Å². The fraction of sp³-hybridized carbons (Fsp3) is 0.500. The van der Waals surface area contributed by atoms with Crippen LogP contribution in [0.1, 0.15) is 44.9 Å². The number of benzene rings is 1. The molecular formula is C20H27N5O3S. The second-order valence-electron chi connectivity index (χ2n) is 6.85. The number of aryl methyl sites for hydroxylation is 1. The summed E-state index contributed by atoms with van der Waals surface area (Å²) in [4.78, 5) is 27.1. The van der Waals surface area contributed by atoms with Crippen molar-refractivity contribution in [3.8, 4) is 0 Å². The van der Waals surface area contributed by atoms with Gasteiger partial charge in [-0.25, -0.2) is 0 Å². The van der Waals surface area contributed by atoms with Gasteiger partial charge in [0.15, 0.2) is 0 Å². The Bertz CT molecular complexity index is 820. The van der Waals surface area contributed by atoms with Gasteiger partial charge in [0.1, 0.15) is 5.01 Å². The molecule has 1 aliphatic rings. The number of ether oxygens (including phenoxy) is 1. The van der Waals surface area contributed by atoms with Crippen molar-refractivity contribution in [2.75, 3.05) is 44.7 Å². The molecule has 2 aromatic rings. The average molecular weight is 418 g/mol. The minimum absolute atomic E-state index is 0.149. The lowest BCUT2D eigenvalue weighted by Crippen LogP contribution is -2.38. The van der Waals surface area contributed by atoms with E-state index >= 15 is 0 Å². The molecule has 2 N–H and O–H groups in total. The van der Waals surface area contributed by atoms with E-state index in [2.05, 4.69) is 32.7 Å². The molecule has 1 saturated heterocycles. The molecule has 0 bridgehead atoms. The van der Waals surface area contributed by atoms with Gasteiger partial charge in [0.05, 0.1) is 13.2 Å². The molecule has 0 atom stereocenters. The molecule has 0 aliphatic carbocycles. The van der Waals surface area contributed by atoms with Crippen LogP contribution in [-0.2, 0) is 11.2 Å². The maximum Gasteiger partial charge on any atom is 0.286 e. The van der Waals surface area contributed by atoms with Crippen molar-refractivity contribution in [2.24, 2.45) is 0 Å². The zero-order valence-electron chi connectivity index (χ0n) is 16.6. The first-order chi connectivity index (χ1) is 14.2. The van der Waals surface area contributed by atoms with Gasteiger partial charge in [-0.05, 0) is 37.6 Å². The fourth-order valence-corrected chi connectivity index (χ4v) is 3.85. The molecule has 1 aliphatic heterocycles. The van der Waals surface area contributed by atoms with Crippen molar-refractivity contribution in [2.45, 2.75) is 26.2 Å². The summed E-state index contributed by atoms with van der Waals surface area (Å²) < 4.78 is 5.33. The number of aromatic nitrogens is 2. The van der Waals surface area contributed by atoms with E-state index in [1.165, 1.54) is 11.3 Å². The number of amides is 2. The molecule has 156 valence electrons. The van der Waals surface area contributed by atoms with Gasteiger partial charge in [-0.3, -0.25) is 14.5 Å². The number of morpholine rings is 1. The largest absolute Gasteiger partial charge is 0.379 e. The van der Waals surface area contributed by atoms with Gasteiger partial charge in [-0.15, -0.1) is 10.2 Å². The molecule has 2 amide bonds. The highest BCUT2D eigenvalue weighted by Crippen LogP contribution is 2.16. The highest BCUT2D eigenvalue weighted by atomic mass is 32.1. The maximum atomic E-state index is 12.4. The van der Waals surface area contributed by atoms with Gasteiger partial charge >= 0.3 is 0 Å². The Hall–Kier alpha value is -2.36.